The van der Waals surface area contributed by atoms with Crippen molar-refractivity contribution in [2.45, 2.75) is 6.42 Å². The van der Waals surface area contributed by atoms with Crippen molar-refractivity contribution in [3.05, 3.63) is 53.6 Å². The Morgan fingerprint density at radius 2 is 2.37 bits per heavy atom. The van der Waals surface area contributed by atoms with Gasteiger partial charge in [-0.25, -0.2) is 4.98 Å². The molecule has 0 saturated heterocycles. The van der Waals surface area contributed by atoms with Gasteiger partial charge in [-0.3, -0.25) is 4.79 Å². The third kappa shape index (κ3) is 3.19. The van der Waals surface area contributed by atoms with E-state index in [1.807, 2.05) is 23.9 Å². The van der Waals surface area contributed by atoms with Gasteiger partial charge in [-0.15, -0.1) is 0 Å². The number of hydrogen-bond donors (Lipinski definition) is 1. The molecule has 0 aliphatic heterocycles. The van der Waals surface area contributed by atoms with Gasteiger partial charge in [0.2, 0.25) is 0 Å². The molecule has 2 aromatic rings. The quantitative estimate of drug-likeness (QED) is 0.893. The molecule has 0 unspecified atom stereocenters. The molecule has 0 spiro atoms. The Bertz CT molecular complexity index is 624. The molecule has 0 radical (unpaired) electrons. The number of aromatic nitrogens is 2. The van der Waals surface area contributed by atoms with Crippen LogP contribution in [0.1, 0.15) is 21.7 Å². The second-order valence-electron chi connectivity index (χ2n) is 4.15. The predicted octanol–water partition coefficient (Wildman–Crippen LogP) is 1.26. The lowest BCUT2D eigenvalue weighted by Gasteiger charge is -2.05. The first-order valence-corrected chi connectivity index (χ1v) is 5.95. The highest BCUT2D eigenvalue weighted by Gasteiger charge is 2.06. The van der Waals surface area contributed by atoms with Crippen LogP contribution in [0.4, 0.5) is 0 Å². The Balaban J connectivity index is 1.91. The first-order chi connectivity index (χ1) is 9.20. The summed E-state index contributed by atoms with van der Waals surface area (Å²) in [5.41, 5.74) is 0.982. The summed E-state index contributed by atoms with van der Waals surface area (Å²) in [4.78, 5) is 16.1. The topological polar surface area (TPSA) is 70.7 Å². The van der Waals surface area contributed by atoms with Crippen LogP contribution in [0.2, 0.25) is 0 Å². The minimum Gasteiger partial charge on any atom is -0.352 e. The van der Waals surface area contributed by atoms with Gasteiger partial charge in [0.15, 0.2) is 0 Å². The molecule has 1 N–H and O–H groups in total. The van der Waals surface area contributed by atoms with Crippen LogP contribution in [-0.2, 0) is 13.5 Å². The molecule has 0 aliphatic carbocycles. The van der Waals surface area contributed by atoms with E-state index < -0.39 is 0 Å². The van der Waals surface area contributed by atoms with Crippen molar-refractivity contribution in [3.8, 4) is 6.07 Å². The number of carbonyl (C=O) groups is 1. The number of nitriles is 1. The zero-order valence-electron chi connectivity index (χ0n) is 10.6. The Morgan fingerprint density at radius 3 is 3.05 bits per heavy atom. The molecule has 1 amide bonds. The van der Waals surface area contributed by atoms with Crippen LogP contribution in [-0.4, -0.2) is 22.0 Å². The lowest BCUT2D eigenvalue weighted by atomic mass is 10.1. The summed E-state index contributed by atoms with van der Waals surface area (Å²) < 4.78 is 1.92. The smallest absolute Gasteiger partial charge is 0.251 e. The standard InChI is InChI=1S/C14H14N4O/c1-18-8-7-16-13(18)5-6-17-14(19)12-4-2-3-11(9-12)10-15/h2-4,7-9H,5-6H2,1H3,(H,17,19). The highest BCUT2D eigenvalue weighted by atomic mass is 16.1. The van der Waals surface area contributed by atoms with Crippen LogP contribution in [0, 0.1) is 11.3 Å². The van der Waals surface area contributed by atoms with Crippen molar-refractivity contribution in [3.63, 3.8) is 0 Å². The largest absolute Gasteiger partial charge is 0.352 e. The molecule has 0 aliphatic rings. The highest BCUT2D eigenvalue weighted by Crippen LogP contribution is 2.04. The van der Waals surface area contributed by atoms with E-state index in [0.29, 0.717) is 24.1 Å². The third-order valence-electron chi connectivity index (χ3n) is 2.81. The molecule has 1 aromatic heterocycles. The van der Waals surface area contributed by atoms with E-state index in [4.69, 9.17) is 5.26 Å². The Hall–Kier alpha value is -2.61. The normalized spacial score (nSPS) is 9.89. The number of imidazole rings is 1. The Morgan fingerprint density at radius 1 is 1.53 bits per heavy atom. The van der Waals surface area contributed by atoms with Gasteiger partial charge in [-0.05, 0) is 18.2 Å². The van der Waals surface area contributed by atoms with E-state index in [1.165, 1.54) is 0 Å². The van der Waals surface area contributed by atoms with Crippen LogP contribution >= 0.6 is 0 Å². The summed E-state index contributed by atoms with van der Waals surface area (Å²) in [6.45, 7) is 0.514. The molecule has 1 heterocycles. The molecule has 0 saturated carbocycles. The van der Waals surface area contributed by atoms with Crippen molar-refractivity contribution in [1.82, 2.24) is 14.9 Å². The van der Waals surface area contributed by atoms with Crippen molar-refractivity contribution < 1.29 is 4.79 Å². The van der Waals surface area contributed by atoms with Crippen LogP contribution in [0.25, 0.3) is 0 Å². The van der Waals surface area contributed by atoms with Gasteiger partial charge in [0.05, 0.1) is 11.6 Å². The van der Waals surface area contributed by atoms with Gasteiger partial charge in [-0.1, -0.05) is 6.07 Å². The summed E-state index contributed by atoms with van der Waals surface area (Å²) in [5.74, 6) is 0.748. The van der Waals surface area contributed by atoms with E-state index in [2.05, 4.69) is 10.3 Å². The molecule has 1 aromatic carbocycles. The molecular weight excluding hydrogens is 240 g/mol. The van der Waals surface area contributed by atoms with Gasteiger partial charge in [0, 0.05) is 38.0 Å². The van der Waals surface area contributed by atoms with Crippen molar-refractivity contribution in [1.29, 1.82) is 5.26 Å². The maximum absolute atomic E-state index is 11.9. The van der Waals surface area contributed by atoms with E-state index in [1.54, 1.807) is 30.5 Å². The molecule has 2 rings (SSSR count). The number of hydrogen-bond acceptors (Lipinski definition) is 3. The van der Waals surface area contributed by atoms with Gasteiger partial charge < -0.3 is 9.88 Å². The Labute approximate surface area is 111 Å². The lowest BCUT2D eigenvalue weighted by molar-refractivity contribution is 0.0954. The van der Waals surface area contributed by atoms with Crippen molar-refractivity contribution in [2.75, 3.05) is 6.54 Å². The number of nitrogens with zero attached hydrogens (tertiary/aromatic N) is 3. The van der Waals surface area contributed by atoms with E-state index in [-0.39, 0.29) is 5.91 Å². The second-order valence-corrected chi connectivity index (χ2v) is 4.15. The maximum atomic E-state index is 11.9. The number of nitrogens with one attached hydrogen (secondary N) is 1. The maximum Gasteiger partial charge on any atom is 0.251 e. The second kappa shape index (κ2) is 5.83. The molecule has 0 fully saturated rings. The fourth-order valence-corrected chi connectivity index (χ4v) is 1.76. The molecule has 5 heteroatoms. The van der Waals surface area contributed by atoms with E-state index in [0.717, 1.165) is 5.82 Å². The monoisotopic (exact) mass is 254 g/mol. The number of rotatable bonds is 4. The number of aryl methyl sites for hydroxylation is 1. The number of benzene rings is 1. The minimum absolute atomic E-state index is 0.175. The molecule has 0 atom stereocenters. The number of carbonyl (C=O) groups excluding carboxylic acids is 1. The number of amides is 1. The van der Waals surface area contributed by atoms with Crippen LogP contribution in [0.15, 0.2) is 36.7 Å². The fourth-order valence-electron chi connectivity index (χ4n) is 1.76. The van der Waals surface area contributed by atoms with Crippen molar-refractivity contribution >= 4 is 5.91 Å². The highest BCUT2D eigenvalue weighted by molar-refractivity contribution is 5.94. The van der Waals surface area contributed by atoms with E-state index >= 15 is 0 Å². The first kappa shape index (κ1) is 12.8. The first-order valence-electron chi connectivity index (χ1n) is 5.95. The molecular formula is C14H14N4O. The van der Waals surface area contributed by atoms with Crippen LogP contribution in [0.3, 0.4) is 0 Å². The third-order valence-corrected chi connectivity index (χ3v) is 2.81. The molecule has 5 nitrogen and oxygen atoms in total. The lowest BCUT2D eigenvalue weighted by Crippen LogP contribution is -2.26. The zero-order valence-corrected chi connectivity index (χ0v) is 10.6. The van der Waals surface area contributed by atoms with Crippen LogP contribution in [0.5, 0.6) is 0 Å². The summed E-state index contributed by atoms with van der Waals surface area (Å²) in [6.07, 6.45) is 4.27. The fraction of sp³-hybridized carbons (Fsp3) is 0.214. The average molecular weight is 254 g/mol. The summed E-state index contributed by atoms with van der Waals surface area (Å²) >= 11 is 0. The zero-order chi connectivity index (χ0) is 13.7. The Kier molecular flexibility index (Phi) is 3.94. The van der Waals surface area contributed by atoms with Crippen LogP contribution < -0.4 is 5.32 Å². The molecule has 19 heavy (non-hydrogen) atoms. The predicted molar refractivity (Wildman–Crippen MR) is 70.4 cm³/mol. The SMILES string of the molecule is Cn1ccnc1CCNC(=O)c1cccc(C#N)c1. The van der Waals surface area contributed by atoms with E-state index in [9.17, 15) is 4.79 Å². The van der Waals surface area contributed by atoms with Crippen molar-refractivity contribution in [2.24, 2.45) is 7.05 Å². The van der Waals surface area contributed by atoms with Gasteiger partial charge >= 0.3 is 0 Å². The van der Waals surface area contributed by atoms with Gasteiger partial charge in [0.1, 0.15) is 5.82 Å². The average Bonchev–Trinajstić information content (AvgIpc) is 2.84. The van der Waals surface area contributed by atoms with Gasteiger partial charge in [0.25, 0.3) is 5.91 Å². The minimum atomic E-state index is -0.175. The van der Waals surface area contributed by atoms with Gasteiger partial charge in [-0.2, -0.15) is 5.26 Å². The summed E-state index contributed by atoms with van der Waals surface area (Å²) in [7, 11) is 1.92. The molecule has 0 bridgehead atoms. The summed E-state index contributed by atoms with van der Waals surface area (Å²) in [6, 6.07) is 8.66. The molecule has 96 valence electrons. The summed E-state index contributed by atoms with van der Waals surface area (Å²) in [5, 5.41) is 11.6.